The summed E-state index contributed by atoms with van der Waals surface area (Å²) < 4.78 is 5.03. The highest BCUT2D eigenvalue weighted by Crippen LogP contribution is 2.55. The first kappa shape index (κ1) is 23.7. The highest BCUT2D eigenvalue weighted by molar-refractivity contribution is 6.30. The summed E-state index contributed by atoms with van der Waals surface area (Å²) in [7, 11) is 0. The van der Waals surface area contributed by atoms with Crippen molar-refractivity contribution in [2.75, 3.05) is 11.5 Å². The zero-order valence-corrected chi connectivity index (χ0v) is 20.0. The number of esters is 1. The molecule has 5 rings (SSSR count). The molecule has 0 spiro atoms. The molecule has 4 amide bonds. The molecule has 184 valence electrons. The predicted molar refractivity (Wildman–Crippen MR) is 129 cm³/mol. The van der Waals surface area contributed by atoms with Crippen LogP contribution < -0.4 is 15.8 Å². The molecule has 1 aliphatic heterocycles. The van der Waals surface area contributed by atoms with Gasteiger partial charge in [-0.15, -0.1) is 0 Å². The van der Waals surface area contributed by atoms with Crippen LogP contribution in [0.3, 0.4) is 0 Å². The van der Waals surface area contributed by atoms with E-state index in [0.717, 1.165) is 16.9 Å². The van der Waals surface area contributed by atoms with Crippen LogP contribution in [-0.4, -0.2) is 36.2 Å². The summed E-state index contributed by atoms with van der Waals surface area (Å²) in [5.41, 5.74) is 6.19. The van der Waals surface area contributed by atoms with Gasteiger partial charge in [0, 0.05) is 10.6 Å². The minimum atomic E-state index is -0.812. The lowest BCUT2D eigenvalue weighted by Crippen LogP contribution is -2.43. The van der Waals surface area contributed by atoms with E-state index in [0.29, 0.717) is 10.7 Å². The molecule has 0 radical (unpaired) electrons. The van der Waals surface area contributed by atoms with Crippen molar-refractivity contribution in [2.24, 2.45) is 23.7 Å². The third-order valence-corrected chi connectivity index (χ3v) is 7.23. The fourth-order valence-electron chi connectivity index (χ4n) is 5.35. The van der Waals surface area contributed by atoms with Gasteiger partial charge < -0.3 is 4.74 Å². The van der Waals surface area contributed by atoms with Crippen LogP contribution in [0.2, 0.25) is 5.02 Å². The number of carbonyl (C=O) groups excluding carboxylic acids is 5. The first-order chi connectivity index (χ1) is 17.2. The van der Waals surface area contributed by atoms with Crippen LogP contribution in [0.4, 0.5) is 5.69 Å². The van der Waals surface area contributed by atoms with Gasteiger partial charge >= 0.3 is 5.97 Å². The molecule has 1 saturated heterocycles. The van der Waals surface area contributed by atoms with E-state index in [1.807, 2.05) is 6.92 Å². The molecule has 10 heteroatoms. The number of ether oxygens (including phenoxy) is 1. The molecule has 2 N–H and O–H groups in total. The molecule has 1 heterocycles. The number of allylic oxidation sites excluding steroid dienone is 2. The number of nitrogens with zero attached hydrogens (tertiary/aromatic N) is 1. The van der Waals surface area contributed by atoms with Crippen LogP contribution in [0, 0.1) is 23.7 Å². The van der Waals surface area contributed by atoms with E-state index in [2.05, 4.69) is 16.9 Å². The molecular formula is C26H22ClN3O6. The molecule has 36 heavy (non-hydrogen) atoms. The number of nitrogens with one attached hydrogen (secondary N) is 2. The second-order valence-electron chi connectivity index (χ2n) is 9.12. The number of carbonyl (C=O) groups is 5. The maximum atomic E-state index is 13.1. The second-order valence-corrected chi connectivity index (χ2v) is 9.55. The lowest BCUT2D eigenvalue weighted by Gasteiger charge is -2.19. The Morgan fingerprint density at radius 2 is 1.72 bits per heavy atom. The minimum Gasteiger partial charge on any atom is -0.452 e. The molecule has 9 nitrogen and oxygen atoms in total. The molecule has 1 saturated carbocycles. The zero-order valence-electron chi connectivity index (χ0n) is 19.2. The summed E-state index contributed by atoms with van der Waals surface area (Å²) in [6.07, 6.45) is 2.93. The van der Waals surface area contributed by atoms with Gasteiger partial charge in [-0.2, -0.15) is 0 Å². The summed E-state index contributed by atoms with van der Waals surface area (Å²) in [4.78, 5) is 64.0. The van der Waals surface area contributed by atoms with E-state index >= 15 is 0 Å². The van der Waals surface area contributed by atoms with Gasteiger partial charge in [0.1, 0.15) is 0 Å². The summed E-state index contributed by atoms with van der Waals surface area (Å²) >= 11 is 5.78. The van der Waals surface area contributed by atoms with Gasteiger partial charge in [-0.05, 0) is 67.6 Å². The van der Waals surface area contributed by atoms with Crippen molar-refractivity contribution in [3.05, 3.63) is 76.3 Å². The first-order valence-corrected chi connectivity index (χ1v) is 11.8. The van der Waals surface area contributed by atoms with Crippen molar-refractivity contribution in [1.29, 1.82) is 0 Å². The Bertz CT molecular complexity index is 1320. The highest BCUT2D eigenvalue weighted by Gasteiger charge is 2.60. The minimum absolute atomic E-state index is 0.0771. The van der Waals surface area contributed by atoms with Gasteiger partial charge in [0.05, 0.1) is 23.1 Å². The van der Waals surface area contributed by atoms with Gasteiger partial charge in [0.2, 0.25) is 11.8 Å². The van der Waals surface area contributed by atoms with Crippen LogP contribution in [-0.2, 0) is 19.1 Å². The van der Waals surface area contributed by atoms with Crippen molar-refractivity contribution in [3.8, 4) is 0 Å². The number of rotatable bonds is 5. The second kappa shape index (κ2) is 9.23. The Labute approximate surface area is 211 Å². The molecule has 0 unspecified atom stereocenters. The molecule has 2 aliphatic carbocycles. The number of benzene rings is 2. The summed E-state index contributed by atoms with van der Waals surface area (Å²) in [5, 5.41) is 0.465. The van der Waals surface area contributed by atoms with E-state index in [4.69, 9.17) is 16.3 Å². The van der Waals surface area contributed by atoms with Crippen molar-refractivity contribution in [3.63, 3.8) is 0 Å². The van der Waals surface area contributed by atoms with Gasteiger partial charge in [0.15, 0.2) is 6.61 Å². The Morgan fingerprint density at radius 3 is 2.47 bits per heavy atom. The van der Waals surface area contributed by atoms with E-state index in [-0.39, 0.29) is 46.6 Å². The highest BCUT2D eigenvalue weighted by atomic mass is 35.5. The van der Waals surface area contributed by atoms with Gasteiger partial charge in [-0.1, -0.05) is 29.3 Å². The molecule has 2 aromatic carbocycles. The van der Waals surface area contributed by atoms with Crippen molar-refractivity contribution in [2.45, 2.75) is 13.3 Å². The van der Waals surface area contributed by atoms with Crippen LogP contribution in [0.1, 0.15) is 34.1 Å². The van der Waals surface area contributed by atoms with E-state index in [1.54, 1.807) is 12.1 Å². The van der Waals surface area contributed by atoms with Crippen LogP contribution in [0.25, 0.3) is 0 Å². The fraction of sp³-hybridized carbons (Fsp3) is 0.269. The Hall–Kier alpha value is -3.98. The van der Waals surface area contributed by atoms with Crippen LogP contribution in [0.15, 0.2) is 60.2 Å². The average molecular weight is 508 g/mol. The molecule has 2 bridgehead atoms. The Balaban J connectivity index is 1.18. The molecule has 2 aromatic rings. The lowest BCUT2D eigenvalue weighted by molar-refractivity contribution is -0.125. The van der Waals surface area contributed by atoms with Crippen molar-refractivity contribution in [1.82, 2.24) is 10.9 Å². The van der Waals surface area contributed by atoms with Crippen LogP contribution >= 0.6 is 11.6 Å². The monoisotopic (exact) mass is 507 g/mol. The summed E-state index contributed by atoms with van der Waals surface area (Å²) in [5.74, 6) is -3.16. The maximum absolute atomic E-state index is 13.1. The zero-order chi connectivity index (χ0) is 25.6. The number of hydrogen-bond acceptors (Lipinski definition) is 6. The lowest BCUT2D eigenvalue weighted by atomic mass is 9.82. The summed E-state index contributed by atoms with van der Waals surface area (Å²) in [6.45, 7) is 1.35. The number of halogens is 1. The quantitative estimate of drug-likeness (QED) is 0.278. The van der Waals surface area contributed by atoms with E-state index < -0.39 is 24.4 Å². The first-order valence-electron chi connectivity index (χ1n) is 11.4. The smallest absolute Gasteiger partial charge is 0.338 e. The standard InChI is InChI=1S/C26H22ClN3O6/c1-13-9-16-11-19(13)22-21(16)24(33)30(25(22)34)18-4-2-3-15(10-18)26(35)36-12-20(31)28-29-23(32)14-5-7-17(27)8-6-14/h2-10,16,19,21-22H,11-12H2,1H3,(H,28,31)(H,29,32)/t16-,19+,21-,22+/m0/s1. The van der Waals surface area contributed by atoms with Crippen LogP contribution in [0.5, 0.6) is 0 Å². The van der Waals surface area contributed by atoms with Gasteiger partial charge in [0.25, 0.3) is 11.8 Å². The SMILES string of the molecule is CC1=C[C@H]2C[C@H]1[C@H]1C(=O)N(c3cccc(C(=O)OCC(=O)NNC(=O)c4ccc(Cl)cc4)c3)C(=O)[C@H]12. The third kappa shape index (κ3) is 4.15. The summed E-state index contributed by atoms with van der Waals surface area (Å²) in [6, 6.07) is 12.1. The van der Waals surface area contributed by atoms with E-state index in [1.165, 1.54) is 36.4 Å². The van der Waals surface area contributed by atoms with E-state index in [9.17, 15) is 24.0 Å². The Morgan fingerprint density at radius 1 is 1.00 bits per heavy atom. The number of amides is 4. The van der Waals surface area contributed by atoms with Crippen molar-refractivity contribution >= 4 is 46.9 Å². The number of imide groups is 1. The van der Waals surface area contributed by atoms with Gasteiger partial charge in [-0.25, -0.2) is 9.69 Å². The van der Waals surface area contributed by atoms with Crippen molar-refractivity contribution < 1.29 is 28.7 Å². The molecule has 0 aromatic heterocycles. The topological polar surface area (TPSA) is 122 Å². The number of hydrogen-bond donors (Lipinski definition) is 2. The molecule has 4 atom stereocenters. The van der Waals surface area contributed by atoms with Gasteiger partial charge in [-0.3, -0.25) is 30.0 Å². The predicted octanol–water partition coefficient (Wildman–Crippen LogP) is 2.66. The fourth-order valence-corrected chi connectivity index (χ4v) is 5.48. The normalized spacial score (nSPS) is 23.8. The number of hydrazine groups is 1. The molecular weight excluding hydrogens is 486 g/mol. The Kier molecular flexibility index (Phi) is 6.09. The average Bonchev–Trinajstić information content (AvgIpc) is 3.51. The number of anilines is 1. The molecule has 2 fully saturated rings. The largest absolute Gasteiger partial charge is 0.452 e. The maximum Gasteiger partial charge on any atom is 0.338 e. The molecule has 3 aliphatic rings. The third-order valence-electron chi connectivity index (χ3n) is 6.98. The number of fused-ring (bicyclic) bond motifs is 5.